The SMILES string of the molecule is COc1ccc(/C=C/C(=O)c2ccc(C(C)C)cc2)cc1COc1cc(Cl)c(Cl)cc1Cl. The van der Waals surface area contributed by atoms with E-state index in [1.807, 2.05) is 42.5 Å². The Labute approximate surface area is 203 Å². The number of hydrogen-bond acceptors (Lipinski definition) is 3. The first-order valence-electron chi connectivity index (χ1n) is 10.0. The van der Waals surface area contributed by atoms with E-state index in [-0.39, 0.29) is 12.4 Å². The minimum absolute atomic E-state index is 0.0588. The summed E-state index contributed by atoms with van der Waals surface area (Å²) in [6, 6.07) is 16.4. The standard InChI is InChI=1S/C26H23Cl3O3/c1-16(2)18-6-8-19(9-7-18)24(30)10-4-17-5-11-25(31-3)20(12-17)15-32-26-14-22(28)21(27)13-23(26)29/h4-14,16H,15H2,1-3H3/b10-4+. The fourth-order valence-corrected chi connectivity index (χ4v) is 3.68. The average molecular weight is 490 g/mol. The van der Waals surface area contributed by atoms with Crippen LogP contribution in [0.4, 0.5) is 0 Å². The summed E-state index contributed by atoms with van der Waals surface area (Å²) in [6.07, 6.45) is 3.33. The molecular formula is C26H23Cl3O3. The minimum Gasteiger partial charge on any atom is -0.496 e. The van der Waals surface area contributed by atoms with Crippen LogP contribution in [-0.2, 0) is 6.61 Å². The summed E-state index contributed by atoms with van der Waals surface area (Å²) in [7, 11) is 1.59. The lowest BCUT2D eigenvalue weighted by molar-refractivity contribution is 0.104. The van der Waals surface area contributed by atoms with Crippen molar-refractivity contribution >= 4 is 46.7 Å². The molecule has 0 bridgehead atoms. The number of ether oxygens (including phenoxy) is 2. The summed E-state index contributed by atoms with van der Waals surface area (Å²) < 4.78 is 11.3. The highest BCUT2D eigenvalue weighted by Gasteiger charge is 2.10. The Morgan fingerprint density at radius 3 is 2.25 bits per heavy atom. The molecule has 32 heavy (non-hydrogen) atoms. The fraction of sp³-hybridized carbons (Fsp3) is 0.192. The number of allylic oxidation sites excluding steroid dienone is 1. The van der Waals surface area contributed by atoms with Gasteiger partial charge < -0.3 is 9.47 Å². The van der Waals surface area contributed by atoms with Gasteiger partial charge in [0, 0.05) is 17.2 Å². The van der Waals surface area contributed by atoms with Crippen LogP contribution in [0, 0.1) is 0 Å². The Morgan fingerprint density at radius 1 is 0.906 bits per heavy atom. The first kappa shape index (κ1) is 24.2. The molecule has 3 rings (SSSR count). The van der Waals surface area contributed by atoms with Crippen molar-refractivity contribution in [2.45, 2.75) is 26.4 Å². The van der Waals surface area contributed by atoms with E-state index in [1.54, 1.807) is 25.3 Å². The smallest absolute Gasteiger partial charge is 0.185 e. The largest absolute Gasteiger partial charge is 0.496 e. The van der Waals surface area contributed by atoms with Crippen molar-refractivity contribution in [3.05, 3.63) is 98.0 Å². The van der Waals surface area contributed by atoms with Gasteiger partial charge in [0.1, 0.15) is 18.1 Å². The van der Waals surface area contributed by atoms with Gasteiger partial charge in [-0.1, -0.05) is 85.1 Å². The molecule has 6 heteroatoms. The molecule has 0 radical (unpaired) electrons. The third-order valence-corrected chi connectivity index (χ3v) is 5.97. The van der Waals surface area contributed by atoms with Crippen LogP contribution < -0.4 is 9.47 Å². The zero-order chi connectivity index (χ0) is 23.3. The van der Waals surface area contributed by atoms with Crippen LogP contribution in [-0.4, -0.2) is 12.9 Å². The molecule has 0 saturated heterocycles. The molecule has 0 aliphatic rings. The fourth-order valence-electron chi connectivity index (χ4n) is 3.09. The highest BCUT2D eigenvalue weighted by molar-refractivity contribution is 6.43. The van der Waals surface area contributed by atoms with Crippen LogP contribution in [0.15, 0.2) is 60.7 Å². The third kappa shape index (κ3) is 6.07. The van der Waals surface area contributed by atoms with E-state index < -0.39 is 0 Å². The Kier molecular flexibility index (Phi) is 8.25. The molecule has 0 aliphatic carbocycles. The molecule has 0 amide bonds. The first-order valence-corrected chi connectivity index (χ1v) is 11.2. The zero-order valence-corrected chi connectivity index (χ0v) is 20.3. The van der Waals surface area contributed by atoms with Crippen LogP contribution in [0.2, 0.25) is 15.1 Å². The number of hydrogen-bond donors (Lipinski definition) is 0. The molecule has 0 spiro atoms. The number of ketones is 1. The highest BCUT2D eigenvalue weighted by Crippen LogP contribution is 2.35. The van der Waals surface area contributed by atoms with Crippen molar-refractivity contribution in [3.8, 4) is 11.5 Å². The van der Waals surface area contributed by atoms with Gasteiger partial charge >= 0.3 is 0 Å². The Morgan fingerprint density at radius 2 is 1.59 bits per heavy atom. The first-order chi connectivity index (χ1) is 15.3. The highest BCUT2D eigenvalue weighted by atomic mass is 35.5. The summed E-state index contributed by atoms with van der Waals surface area (Å²) in [5.74, 6) is 1.45. The van der Waals surface area contributed by atoms with Gasteiger partial charge in [-0.2, -0.15) is 0 Å². The maximum atomic E-state index is 12.5. The maximum Gasteiger partial charge on any atom is 0.185 e. The van der Waals surface area contributed by atoms with Crippen molar-refractivity contribution in [2.75, 3.05) is 7.11 Å². The van der Waals surface area contributed by atoms with E-state index in [9.17, 15) is 4.79 Å². The number of benzene rings is 3. The molecule has 0 heterocycles. The van der Waals surface area contributed by atoms with Crippen molar-refractivity contribution in [1.29, 1.82) is 0 Å². The second-order valence-corrected chi connectivity index (χ2v) is 8.75. The van der Waals surface area contributed by atoms with E-state index >= 15 is 0 Å². The van der Waals surface area contributed by atoms with Gasteiger partial charge in [0.25, 0.3) is 0 Å². The molecule has 0 N–H and O–H groups in total. The van der Waals surface area contributed by atoms with Crippen LogP contribution >= 0.6 is 34.8 Å². The molecular weight excluding hydrogens is 467 g/mol. The summed E-state index contributed by atoms with van der Waals surface area (Å²) in [5, 5.41) is 1.08. The van der Waals surface area contributed by atoms with Crippen LogP contribution in [0.1, 0.15) is 46.8 Å². The predicted octanol–water partition coefficient (Wildman–Crippen LogP) is 8.25. The van der Waals surface area contributed by atoms with Crippen molar-refractivity contribution in [2.24, 2.45) is 0 Å². The minimum atomic E-state index is -0.0588. The number of methoxy groups -OCH3 is 1. The zero-order valence-electron chi connectivity index (χ0n) is 18.0. The van der Waals surface area contributed by atoms with Gasteiger partial charge in [0.2, 0.25) is 0 Å². The van der Waals surface area contributed by atoms with Crippen LogP contribution in [0.3, 0.4) is 0 Å². The Hall–Kier alpha value is -2.46. The Bertz CT molecular complexity index is 1140. The van der Waals surface area contributed by atoms with Gasteiger partial charge in [-0.15, -0.1) is 0 Å². The molecule has 3 aromatic carbocycles. The molecule has 3 aromatic rings. The number of carbonyl (C=O) groups is 1. The molecule has 0 unspecified atom stereocenters. The molecule has 0 saturated carbocycles. The van der Waals surface area contributed by atoms with Gasteiger partial charge in [-0.25, -0.2) is 0 Å². The maximum absolute atomic E-state index is 12.5. The van der Waals surface area contributed by atoms with E-state index in [0.29, 0.717) is 38.0 Å². The molecule has 0 fully saturated rings. The van der Waals surface area contributed by atoms with Crippen LogP contribution in [0.5, 0.6) is 11.5 Å². The lowest BCUT2D eigenvalue weighted by Crippen LogP contribution is -2.00. The topological polar surface area (TPSA) is 35.5 Å². The van der Waals surface area contributed by atoms with Crippen molar-refractivity contribution < 1.29 is 14.3 Å². The predicted molar refractivity (Wildman–Crippen MR) is 133 cm³/mol. The van der Waals surface area contributed by atoms with Gasteiger partial charge in [-0.05, 0) is 41.3 Å². The quantitative estimate of drug-likeness (QED) is 0.181. The summed E-state index contributed by atoms with van der Waals surface area (Å²) >= 11 is 18.2. The summed E-state index contributed by atoms with van der Waals surface area (Å²) in [5.41, 5.74) is 3.49. The molecule has 3 nitrogen and oxygen atoms in total. The summed E-state index contributed by atoms with van der Waals surface area (Å²) in [6.45, 7) is 4.45. The Balaban J connectivity index is 1.75. The average Bonchev–Trinajstić information content (AvgIpc) is 2.79. The molecule has 166 valence electrons. The van der Waals surface area contributed by atoms with Crippen molar-refractivity contribution in [1.82, 2.24) is 0 Å². The monoisotopic (exact) mass is 488 g/mol. The van der Waals surface area contributed by atoms with E-state index in [4.69, 9.17) is 44.3 Å². The molecule has 0 aromatic heterocycles. The van der Waals surface area contributed by atoms with Gasteiger partial charge in [0.15, 0.2) is 5.78 Å². The lowest BCUT2D eigenvalue weighted by Gasteiger charge is -2.13. The van der Waals surface area contributed by atoms with Crippen LogP contribution in [0.25, 0.3) is 6.08 Å². The number of carbonyl (C=O) groups excluding carboxylic acids is 1. The number of halogens is 3. The molecule has 0 atom stereocenters. The lowest BCUT2D eigenvalue weighted by atomic mass is 10.00. The van der Waals surface area contributed by atoms with E-state index in [1.165, 1.54) is 11.6 Å². The van der Waals surface area contributed by atoms with E-state index in [2.05, 4.69) is 13.8 Å². The summed E-state index contributed by atoms with van der Waals surface area (Å²) in [4.78, 5) is 12.5. The molecule has 0 aliphatic heterocycles. The van der Waals surface area contributed by atoms with Crippen molar-refractivity contribution in [3.63, 3.8) is 0 Å². The number of rotatable bonds is 8. The second kappa shape index (κ2) is 10.9. The van der Waals surface area contributed by atoms with E-state index in [0.717, 1.165) is 11.1 Å². The normalized spacial score (nSPS) is 11.2. The second-order valence-electron chi connectivity index (χ2n) is 7.53. The third-order valence-electron chi connectivity index (χ3n) is 4.95. The van der Waals surface area contributed by atoms with Gasteiger partial charge in [-0.3, -0.25) is 4.79 Å². The van der Waals surface area contributed by atoms with Gasteiger partial charge in [0.05, 0.1) is 22.2 Å².